The summed E-state index contributed by atoms with van der Waals surface area (Å²) in [6, 6.07) is 14.0. The number of esters is 1. The van der Waals surface area contributed by atoms with E-state index in [1.807, 2.05) is 12.1 Å². The summed E-state index contributed by atoms with van der Waals surface area (Å²) in [7, 11) is -2.41. The Morgan fingerprint density at radius 1 is 1.03 bits per heavy atom. The monoisotopic (exact) mass is 628 g/mol. The predicted molar refractivity (Wildman–Crippen MR) is 152 cm³/mol. The summed E-state index contributed by atoms with van der Waals surface area (Å²) >= 11 is 8.38. The molecule has 0 heterocycles. The molecule has 1 atom stereocenters. The van der Waals surface area contributed by atoms with Crippen molar-refractivity contribution < 1.29 is 18.8 Å². The molecule has 2 rings (SSSR count). The van der Waals surface area contributed by atoms with Gasteiger partial charge in [0.15, 0.2) is 14.0 Å². The number of nitrogens with one attached hydrogen (secondary N) is 1. The molecule has 0 aliphatic heterocycles. The maximum atomic E-state index is 13.4. The van der Waals surface area contributed by atoms with Crippen molar-refractivity contribution >= 4 is 60.1 Å². The Kier molecular flexibility index (Phi) is 9.71. The number of benzene rings is 2. The average molecular weight is 629 g/mol. The molecule has 0 fully saturated rings. The van der Waals surface area contributed by atoms with Crippen LogP contribution in [-0.2, 0) is 14.0 Å². The van der Waals surface area contributed by atoms with Crippen molar-refractivity contribution in [1.29, 1.82) is 0 Å². The summed E-state index contributed by atoms with van der Waals surface area (Å²) in [5.74, 6) is -1.11. The van der Waals surface area contributed by atoms with E-state index in [1.165, 1.54) is 0 Å². The van der Waals surface area contributed by atoms with Crippen LogP contribution in [0, 0.1) is 3.57 Å². The molecular weight excluding hydrogens is 595 g/mol. The Balaban J connectivity index is 2.64. The summed E-state index contributed by atoms with van der Waals surface area (Å²) in [5.41, 5.74) is 2.87. The highest BCUT2D eigenvalue weighted by Crippen LogP contribution is 2.41. The first kappa shape index (κ1) is 29.5. The highest BCUT2D eigenvalue weighted by atomic mass is 127. The molecular formula is C26H34ClIN2O4Si. The zero-order valence-electron chi connectivity index (χ0n) is 21.5. The second kappa shape index (κ2) is 11.5. The van der Waals surface area contributed by atoms with E-state index in [1.54, 1.807) is 57.2 Å². The summed E-state index contributed by atoms with van der Waals surface area (Å²) in [6.45, 7) is 15.9. The molecule has 0 saturated heterocycles. The Bertz CT molecular complexity index is 1090. The number of rotatable bonds is 7. The molecule has 1 unspecified atom stereocenters. The number of hydrogen-bond acceptors (Lipinski definition) is 5. The first-order valence-corrected chi connectivity index (χ1v) is 15.7. The van der Waals surface area contributed by atoms with E-state index in [-0.39, 0.29) is 10.7 Å². The molecule has 1 amide bonds. The third kappa shape index (κ3) is 8.40. The molecule has 1 N–H and O–H groups in total. The Morgan fingerprint density at radius 3 is 2.14 bits per heavy atom. The fourth-order valence-corrected chi connectivity index (χ4v) is 5.09. The number of carbonyl (C=O) groups is 2. The highest BCUT2D eigenvalue weighted by Gasteiger charge is 2.43. The lowest BCUT2D eigenvalue weighted by Gasteiger charge is -2.39. The van der Waals surface area contributed by atoms with Crippen LogP contribution in [0.15, 0.2) is 53.6 Å². The largest absolute Gasteiger partial charge is 0.455 e. The van der Waals surface area contributed by atoms with Crippen LogP contribution in [0.5, 0.6) is 0 Å². The minimum absolute atomic E-state index is 0.0331. The van der Waals surface area contributed by atoms with Crippen molar-refractivity contribution in [2.24, 2.45) is 5.10 Å². The van der Waals surface area contributed by atoms with Crippen LogP contribution in [0.2, 0.25) is 23.2 Å². The highest BCUT2D eigenvalue weighted by molar-refractivity contribution is 14.1. The maximum Gasteiger partial charge on any atom is 0.358 e. The van der Waals surface area contributed by atoms with Gasteiger partial charge in [-0.15, -0.1) is 0 Å². The van der Waals surface area contributed by atoms with Crippen molar-refractivity contribution in [2.75, 3.05) is 0 Å². The molecule has 0 spiro atoms. The third-order valence-electron chi connectivity index (χ3n) is 5.63. The molecule has 0 aliphatic rings. The van der Waals surface area contributed by atoms with Crippen molar-refractivity contribution in [1.82, 2.24) is 5.43 Å². The summed E-state index contributed by atoms with van der Waals surface area (Å²) in [4.78, 5) is 26.2. The van der Waals surface area contributed by atoms with E-state index in [0.717, 1.165) is 9.13 Å². The molecule has 0 aromatic heterocycles. The average Bonchev–Trinajstić information content (AvgIpc) is 2.71. The van der Waals surface area contributed by atoms with Crippen LogP contribution in [-0.4, -0.2) is 31.5 Å². The number of hydrogen-bond donors (Lipinski definition) is 1. The number of hydrazone groups is 1. The number of amides is 1. The zero-order chi connectivity index (χ0) is 26.6. The number of carbonyl (C=O) groups excluding carboxylic acids is 2. The second-order valence-electron chi connectivity index (χ2n) is 10.7. The summed E-state index contributed by atoms with van der Waals surface area (Å²) in [5, 5.41) is 4.72. The van der Waals surface area contributed by atoms with E-state index >= 15 is 0 Å². The van der Waals surface area contributed by atoms with E-state index in [9.17, 15) is 9.59 Å². The van der Waals surface area contributed by atoms with Gasteiger partial charge in [-0.2, -0.15) is 5.10 Å². The van der Waals surface area contributed by atoms with Gasteiger partial charge in [0, 0.05) is 14.2 Å². The van der Waals surface area contributed by atoms with Gasteiger partial charge in [0.05, 0.1) is 0 Å². The maximum absolute atomic E-state index is 13.4. The predicted octanol–water partition coefficient (Wildman–Crippen LogP) is 7.14. The van der Waals surface area contributed by atoms with Gasteiger partial charge in [0.1, 0.15) is 11.7 Å². The first-order chi connectivity index (χ1) is 16.0. The van der Waals surface area contributed by atoms with E-state index < -0.39 is 31.9 Å². The first-order valence-electron chi connectivity index (χ1n) is 11.3. The summed E-state index contributed by atoms with van der Waals surface area (Å²) < 4.78 is 13.3. The van der Waals surface area contributed by atoms with E-state index in [2.05, 4.69) is 67.0 Å². The topological polar surface area (TPSA) is 77.0 Å². The standard InChI is InChI=1S/C26H34ClIN2O4Si/c1-25(2,3)33-24(32)21(29-30-23(31)17-12-10-9-11-13-17)22(34-35(7,8)26(4,5)6)19-15-14-18(27)16-20(19)28/h9-16,22H,1-8H3,(H,30,31)/b29-21+. The lowest BCUT2D eigenvalue weighted by molar-refractivity contribution is -0.146. The molecule has 0 bridgehead atoms. The molecule has 0 saturated carbocycles. The molecule has 190 valence electrons. The van der Waals surface area contributed by atoms with Gasteiger partial charge in [0.2, 0.25) is 0 Å². The minimum atomic E-state index is -2.41. The van der Waals surface area contributed by atoms with Crippen LogP contribution in [0.3, 0.4) is 0 Å². The number of ether oxygens (including phenoxy) is 1. The molecule has 9 heteroatoms. The van der Waals surface area contributed by atoms with E-state index in [0.29, 0.717) is 10.6 Å². The number of nitrogens with zero attached hydrogens (tertiary/aromatic N) is 1. The smallest absolute Gasteiger partial charge is 0.358 e. The fraction of sp³-hybridized carbons (Fsp3) is 0.423. The van der Waals surface area contributed by atoms with Crippen LogP contribution < -0.4 is 5.43 Å². The molecule has 2 aromatic carbocycles. The molecule has 2 aromatic rings. The van der Waals surface area contributed by atoms with Gasteiger partial charge in [-0.25, -0.2) is 10.2 Å². The number of halogens is 2. The van der Waals surface area contributed by atoms with E-state index in [4.69, 9.17) is 20.8 Å². The Hall–Kier alpha value is -1.75. The van der Waals surface area contributed by atoms with Crippen LogP contribution in [0.4, 0.5) is 0 Å². The van der Waals surface area contributed by atoms with Crippen molar-refractivity contribution in [3.63, 3.8) is 0 Å². The van der Waals surface area contributed by atoms with Crippen LogP contribution in [0.25, 0.3) is 0 Å². The van der Waals surface area contributed by atoms with Crippen molar-refractivity contribution in [3.8, 4) is 0 Å². The van der Waals surface area contributed by atoms with Crippen LogP contribution >= 0.6 is 34.2 Å². The normalized spacial score (nSPS) is 13.8. The molecule has 0 radical (unpaired) electrons. The quantitative estimate of drug-likeness (QED) is 0.116. The zero-order valence-corrected chi connectivity index (χ0v) is 25.4. The SMILES string of the molecule is CC(C)(C)OC(=O)/C(=N/NC(=O)c1ccccc1)C(O[Si](C)(C)C(C)(C)C)c1ccc(Cl)cc1I. The van der Waals surface area contributed by atoms with Gasteiger partial charge in [-0.3, -0.25) is 4.79 Å². The van der Waals surface area contributed by atoms with Gasteiger partial charge < -0.3 is 9.16 Å². The summed E-state index contributed by atoms with van der Waals surface area (Å²) in [6.07, 6.45) is -0.869. The Labute approximate surface area is 228 Å². The van der Waals surface area contributed by atoms with Crippen molar-refractivity contribution in [2.45, 2.75) is 71.4 Å². The van der Waals surface area contributed by atoms with Crippen LogP contribution in [0.1, 0.15) is 63.6 Å². The minimum Gasteiger partial charge on any atom is -0.455 e. The molecule has 6 nitrogen and oxygen atoms in total. The lowest BCUT2D eigenvalue weighted by Crippen LogP contribution is -2.45. The fourth-order valence-electron chi connectivity index (χ4n) is 2.76. The molecule has 35 heavy (non-hydrogen) atoms. The Morgan fingerprint density at radius 2 is 1.63 bits per heavy atom. The van der Waals surface area contributed by atoms with Crippen molar-refractivity contribution in [3.05, 3.63) is 68.3 Å². The van der Waals surface area contributed by atoms with Gasteiger partial charge >= 0.3 is 5.97 Å². The lowest BCUT2D eigenvalue weighted by atomic mass is 10.0. The third-order valence-corrected chi connectivity index (χ3v) is 11.2. The van der Waals surface area contributed by atoms with Gasteiger partial charge in [-0.05, 0) is 91.3 Å². The van der Waals surface area contributed by atoms with Gasteiger partial charge in [-0.1, -0.05) is 56.6 Å². The van der Waals surface area contributed by atoms with Gasteiger partial charge in [0.25, 0.3) is 5.91 Å². The molecule has 0 aliphatic carbocycles. The second-order valence-corrected chi connectivity index (χ2v) is 17.1.